The van der Waals surface area contributed by atoms with Crippen molar-refractivity contribution in [3.63, 3.8) is 0 Å². The third kappa shape index (κ3) is 4.20. The van der Waals surface area contributed by atoms with Crippen molar-refractivity contribution in [3.8, 4) is 0 Å². The molecule has 33 heavy (non-hydrogen) atoms. The van der Waals surface area contributed by atoms with Crippen LogP contribution in [0, 0.1) is 5.92 Å². The minimum Gasteiger partial charge on any atom is -0.485 e. The van der Waals surface area contributed by atoms with Crippen molar-refractivity contribution in [1.29, 1.82) is 0 Å². The van der Waals surface area contributed by atoms with Gasteiger partial charge in [0.25, 0.3) is 0 Å². The summed E-state index contributed by atoms with van der Waals surface area (Å²) in [6.07, 6.45) is 12.6. The van der Waals surface area contributed by atoms with Crippen LogP contribution in [-0.4, -0.2) is 58.5 Å². The predicted octanol–water partition coefficient (Wildman–Crippen LogP) is 4.90. The first kappa shape index (κ1) is 22.8. The van der Waals surface area contributed by atoms with Gasteiger partial charge in [-0.1, -0.05) is 30.4 Å². The zero-order chi connectivity index (χ0) is 23.5. The Morgan fingerprint density at radius 3 is 2.45 bits per heavy atom. The number of aromatic carboxylic acids is 1. The molecule has 2 unspecified atom stereocenters. The number of allylic oxidation sites excluding steroid dienone is 4. The molecular weight excluding hydrogens is 412 g/mol. The molecule has 0 radical (unpaired) electrons. The summed E-state index contributed by atoms with van der Waals surface area (Å²) in [5.74, 6) is -0.167. The summed E-state index contributed by atoms with van der Waals surface area (Å²) < 4.78 is 8.88. The summed E-state index contributed by atoms with van der Waals surface area (Å²) in [6, 6.07) is 7.29. The molecule has 0 spiro atoms. The number of hydrogen-bond donors (Lipinski definition) is 1. The monoisotopic (exact) mass is 445 g/mol. The van der Waals surface area contributed by atoms with Crippen LogP contribution in [0.3, 0.4) is 0 Å². The number of fused-ring (bicyclic) bond motifs is 2. The Morgan fingerprint density at radius 2 is 1.79 bits per heavy atom. The largest absolute Gasteiger partial charge is 0.485 e. The molecule has 1 aliphatic heterocycles. The Morgan fingerprint density at radius 1 is 1.06 bits per heavy atom. The molecule has 3 aliphatic rings. The Kier molecular flexibility index (Phi) is 6.68. The maximum absolute atomic E-state index is 12.1. The SMILES string of the molecule is CCN(CC)C1=CC2OC3=CC(=[N+](CC)CC)C=CC3C(c3ccccc3C(=O)O)=C2C=C1. The molecule has 0 saturated heterocycles. The highest BCUT2D eigenvalue weighted by molar-refractivity contribution is 6.03. The fourth-order valence-corrected chi connectivity index (χ4v) is 4.97. The van der Waals surface area contributed by atoms with Crippen LogP contribution in [0.25, 0.3) is 5.57 Å². The zero-order valence-electron chi connectivity index (χ0n) is 19.9. The van der Waals surface area contributed by atoms with Gasteiger partial charge in [0.1, 0.15) is 25.0 Å². The van der Waals surface area contributed by atoms with Gasteiger partial charge < -0.3 is 14.7 Å². The van der Waals surface area contributed by atoms with Crippen molar-refractivity contribution >= 4 is 17.3 Å². The molecule has 1 aromatic rings. The van der Waals surface area contributed by atoms with E-state index in [1.165, 1.54) is 0 Å². The summed E-state index contributed by atoms with van der Waals surface area (Å²) in [4.78, 5) is 14.4. The van der Waals surface area contributed by atoms with Crippen molar-refractivity contribution in [2.45, 2.75) is 33.8 Å². The first-order valence-corrected chi connectivity index (χ1v) is 11.9. The van der Waals surface area contributed by atoms with Crippen LogP contribution < -0.4 is 0 Å². The first-order chi connectivity index (χ1) is 16.0. The van der Waals surface area contributed by atoms with E-state index in [1.807, 2.05) is 12.1 Å². The van der Waals surface area contributed by atoms with Crippen LogP contribution in [0.1, 0.15) is 43.6 Å². The van der Waals surface area contributed by atoms with Crippen molar-refractivity contribution in [2.24, 2.45) is 5.92 Å². The van der Waals surface area contributed by atoms with Gasteiger partial charge in [0.05, 0.1) is 11.5 Å². The van der Waals surface area contributed by atoms with Crippen molar-refractivity contribution in [2.75, 3.05) is 26.2 Å². The Bertz CT molecular complexity index is 1120. The lowest BCUT2D eigenvalue weighted by Crippen LogP contribution is -2.32. The van der Waals surface area contributed by atoms with Gasteiger partial charge in [-0.3, -0.25) is 0 Å². The number of carboxylic acid groups (broad SMARTS) is 1. The normalized spacial score (nSPS) is 21.0. The highest BCUT2D eigenvalue weighted by Gasteiger charge is 2.37. The number of ether oxygens (including phenoxy) is 1. The molecule has 0 aromatic heterocycles. The quantitative estimate of drug-likeness (QED) is 0.607. The lowest BCUT2D eigenvalue weighted by atomic mass is 9.78. The average Bonchev–Trinajstić information content (AvgIpc) is 2.84. The Balaban J connectivity index is 1.91. The summed E-state index contributed by atoms with van der Waals surface area (Å²) in [5, 5.41) is 9.91. The number of carboxylic acids is 1. The first-order valence-electron chi connectivity index (χ1n) is 11.9. The average molecular weight is 446 g/mol. The van der Waals surface area contributed by atoms with Gasteiger partial charge in [-0.15, -0.1) is 0 Å². The van der Waals surface area contributed by atoms with Crippen LogP contribution in [0.2, 0.25) is 0 Å². The lowest BCUT2D eigenvalue weighted by molar-refractivity contribution is -0.519. The molecule has 1 heterocycles. The van der Waals surface area contributed by atoms with Crippen LogP contribution >= 0.6 is 0 Å². The second kappa shape index (κ2) is 9.65. The van der Waals surface area contributed by atoms with E-state index in [-0.39, 0.29) is 12.0 Å². The minimum atomic E-state index is -0.915. The van der Waals surface area contributed by atoms with Gasteiger partial charge in [-0.2, -0.15) is 0 Å². The molecule has 172 valence electrons. The van der Waals surface area contributed by atoms with Crippen molar-refractivity contribution in [3.05, 3.63) is 88.9 Å². The van der Waals surface area contributed by atoms with E-state index in [0.29, 0.717) is 5.56 Å². The third-order valence-corrected chi connectivity index (χ3v) is 6.71. The van der Waals surface area contributed by atoms with Gasteiger partial charge in [0.2, 0.25) is 5.71 Å². The number of likely N-dealkylation sites (N-methyl/N-ethyl adjacent to an activating group) is 1. The number of benzene rings is 1. The summed E-state index contributed by atoms with van der Waals surface area (Å²) >= 11 is 0. The molecule has 0 fully saturated rings. The smallest absolute Gasteiger partial charge is 0.336 e. The van der Waals surface area contributed by atoms with E-state index in [0.717, 1.165) is 60.1 Å². The van der Waals surface area contributed by atoms with Crippen molar-refractivity contribution in [1.82, 2.24) is 4.90 Å². The predicted molar refractivity (Wildman–Crippen MR) is 132 cm³/mol. The second-order valence-corrected chi connectivity index (χ2v) is 8.34. The van der Waals surface area contributed by atoms with E-state index >= 15 is 0 Å². The lowest BCUT2D eigenvalue weighted by Gasteiger charge is -2.37. The molecule has 2 atom stereocenters. The van der Waals surface area contributed by atoms with Gasteiger partial charge >= 0.3 is 5.97 Å². The molecule has 1 N–H and O–H groups in total. The van der Waals surface area contributed by atoms with E-state index in [2.05, 4.69) is 73.6 Å². The van der Waals surface area contributed by atoms with Gasteiger partial charge in [-0.25, -0.2) is 9.37 Å². The zero-order valence-corrected chi connectivity index (χ0v) is 19.9. The van der Waals surface area contributed by atoms with Crippen LogP contribution in [0.15, 0.2) is 77.8 Å². The highest BCUT2D eigenvalue weighted by atomic mass is 16.5. The highest BCUT2D eigenvalue weighted by Crippen LogP contribution is 2.45. The molecule has 0 amide bonds. The summed E-state index contributed by atoms with van der Waals surface area (Å²) in [5.41, 5.74) is 5.37. The van der Waals surface area contributed by atoms with Crippen molar-refractivity contribution < 1.29 is 19.2 Å². The molecule has 5 nitrogen and oxygen atoms in total. The van der Waals surface area contributed by atoms with Crippen LogP contribution in [0.5, 0.6) is 0 Å². The molecule has 4 rings (SSSR count). The number of hydrogen-bond acceptors (Lipinski definition) is 3. The number of nitrogens with zero attached hydrogens (tertiary/aromatic N) is 2. The topological polar surface area (TPSA) is 52.8 Å². The Hall–Kier alpha value is -3.34. The Labute approximate surface area is 196 Å². The van der Waals surface area contributed by atoms with Crippen LogP contribution in [-0.2, 0) is 4.74 Å². The molecule has 0 bridgehead atoms. The minimum absolute atomic E-state index is 0.121. The van der Waals surface area contributed by atoms with E-state index in [4.69, 9.17) is 4.74 Å². The number of carbonyl (C=O) groups is 1. The maximum Gasteiger partial charge on any atom is 0.336 e. The fourth-order valence-electron chi connectivity index (χ4n) is 4.97. The molecule has 5 heteroatoms. The standard InChI is InChI=1S/C28H32N2O3/c1-5-29(6-2)19-13-15-23-25(17-19)33-26-18-20(30(7-3)8-4)14-16-24(26)27(23)21-11-9-10-12-22(21)28(31)32/h9-18,23,26H,5-8H2,1-4H3/p+1. The summed E-state index contributed by atoms with van der Waals surface area (Å²) in [6.45, 7) is 12.3. The van der Waals surface area contributed by atoms with Gasteiger partial charge in [0.15, 0.2) is 0 Å². The van der Waals surface area contributed by atoms with Gasteiger partial charge in [0, 0.05) is 36.5 Å². The summed E-state index contributed by atoms with van der Waals surface area (Å²) in [7, 11) is 0. The molecule has 1 aromatic carbocycles. The molecule has 0 saturated carbocycles. The van der Waals surface area contributed by atoms with E-state index < -0.39 is 5.97 Å². The maximum atomic E-state index is 12.1. The molecular formula is C28H33N2O3+. The third-order valence-electron chi connectivity index (χ3n) is 6.71. The molecule has 2 aliphatic carbocycles. The van der Waals surface area contributed by atoms with E-state index in [9.17, 15) is 9.90 Å². The van der Waals surface area contributed by atoms with E-state index in [1.54, 1.807) is 12.1 Å². The fraction of sp³-hybridized carbons (Fsp3) is 0.357. The number of rotatable bonds is 7. The van der Waals surface area contributed by atoms with Crippen LogP contribution in [0.4, 0.5) is 0 Å². The van der Waals surface area contributed by atoms with Gasteiger partial charge in [-0.05, 0) is 57.0 Å². The second-order valence-electron chi connectivity index (χ2n) is 8.34.